The largest absolute Gasteiger partial charge is 0.380 e. The summed E-state index contributed by atoms with van der Waals surface area (Å²) in [5.74, 6) is 0. The average Bonchev–Trinajstić information content (AvgIpc) is 3.09. The van der Waals surface area contributed by atoms with Crippen LogP contribution < -0.4 is 5.32 Å². The Kier molecular flexibility index (Phi) is 3.84. The number of H-pyrrole nitrogens is 1. The third kappa shape index (κ3) is 2.76. The van der Waals surface area contributed by atoms with Crippen LogP contribution in [0.3, 0.4) is 0 Å². The van der Waals surface area contributed by atoms with Crippen LogP contribution in [0, 0.1) is 6.92 Å². The summed E-state index contributed by atoms with van der Waals surface area (Å²) in [7, 11) is 0. The molecule has 0 spiro atoms. The van der Waals surface area contributed by atoms with Gasteiger partial charge in [0.15, 0.2) is 0 Å². The van der Waals surface area contributed by atoms with E-state index >= 15 is 0 Å². The predicted molar refractivity (Wildman–Crippen MR) is 85.9 cm³/mol. The highest BCUT2D eigenvalue weighted by Gasteiger charge is 2.08. The summed E-state index contributed by atoms with van der Waals surface area (Å²) in [6, 6.07) is 6.20. The Bertz CT molecular complexity index is 706. The summed E-state index contributed by atoms with van der Waals surface area (Å²) >= 11 is 5.11. The molecule has 0 aromatic carbocycles. The van der Waals surface area contributed by atoms with E-state index in [1.54, 1.807) is 11.3 Å². The number of halogens is 1. The number of aromatic nitrogens is 3. The zero-order chi connectivity index (χ0) is 13.9. The quantitative estimate of drug-likeness (QED) is 0.694. The summed E-state index contributed by atoms with van der Waals surface area (Å²) in [6.45, 7) is 2.74. The van der Waals surface area contributed by atoms with Gasteiger partial charge < -0.3 is 5.32 Å². The third-order valence-electron chi connectivity index (χ3n) is 2.98. The van der Waals surface area contributed by atoms with Crippen LogP contribution in [0.15, 0.2) is 40.6 Å². The fraction of sp³-hybridized carbons (Fsp3) is 0.143. The van der Waals surface area contributed by atoms with Gasteiger partial charge in [-0.3, -0.25) is 5.10 Å². The van der Waals surface area contributed by atoms with E-state index < -0.39 is 0 Å². The highest BCUT2D eigenvalue weighted by molar-refractivity contribution is 9.10. The molecule has 0 aliphatic carbocycles. The van der Waals surface area contributed by atoms with Gasteiger partial charge in [0.25, 0.3) is 0 Å². The first-order chi connectivity index (χ1) is 9.74. The van der Waals surface area contributed by atoms with E-state index in [0.717, 1.165) is 27.1 Å². The molecule has 0 fully saturated rings. The molecule has 0 radical (unpaired) electrons. The van der Waals surface area contributed by atoms with Crippen LogP contribution in [0.4, 0.5) is 5.69 Å². The molecule has 0 amide bonds. The Balaban J connectivity index is 1.76. The molecule has 4 nitrogen and oxygen atoms in total. The minimum absolute atomic E-state index is 0.715. The molecule has 0 aliphatic rings. The second kappa shape index (κ2) is 5.76. The van der Waals surface area contributed by atoms with Crippen LogP contribution >= 0.6 is 27.3 Å². The summed E-state index contributed by atoms with van der Waals surface area (Å²) < 4.78 is 0.880. The zero-order valence-corrected chi connectivity index (χ0v) is 13.3. The highest BCUT2D eigenvalue weighted by Crippen LogP contribution is 2.26. The fourth-order valence-electron chi connectivity index (χ4n) is 1.93. The standard InChI is InChI=1S/C14H13BrN4S/c1-9-5-11(8-17-14(9)15)16-6-10-7-18-19-13(10)12-3-2-4-20-12/h2-5,7-8,16H,6H2,1H3,(H,18,19). The number of hydrogen-bond donors (Lipinski definition) is 2. The van der Waals surface area contributed by atoms with E-state index in [1.807, 2.05) is 25.4 Å². The maximum atomic E-state index is 4.28. The minimum Gasteiger partial charge on any atom is -0.380 e. The van der Waals surface area contributed by atoms with Gasteiger partial charge in [0.2, 0.25) is 0 Å². The molecular weight excluding hydrogens is 336 g/mol. The van der Waals surface area contributed by atoms with Crippen molar-refractivity contribution in [1.82, 2.24) is 15.2 Å². The van der Waals surface area contributed by atoms with Crippen molar-refractivity contribution in [2.45, 2.75) is 13.5 Å². The zero-order valence-electron chi connectivity index (χ0n) is 10.9. The van der Waals surface area contributed by atoms with Crippen molar-refractivity contribution >= 4 is 33.0 Å². The summed E-state index contributed by atoms with van der Waals surface area (Å²) in [6.07, 6.45) is 3.68. The van der Waals surface area contributed by atoms with Crippen LogP contribution in [-0.4, -0.2) is 15.2 Å². The van der Waals surface area contributed by atoms with Crippen molar-refractivity contribution in [2.75, 3.05) is 5.32 Å². The second-order valence-corrected chi connectivity index (χ2v) is 6.13. The Morgan fingerprint density at radius 3 is 3.05 bits per heavy atom. The summed E-state index contributed by atoms with van der Waals surface area (Å²) in [4.78, 5) is 5.48. The Morgan fingerprint density at radius 1 is 1.40 bits per heavy atom. The Morgan fingerprint density at radius 2 is 2.30 bits per heavy atom. The molecule has 3 heterocycles. The number of anilines is 1. The molecule has 0 unspecified atom stereocenters. The minimum atomic E-state index is 0.715. The molecule has 3 aromatic heterocycles. The number of thiophene rings is 1. The monoisotopic (exact) mass is 348 g/mol. The molecule has 0 bridgehead atoms. The first kappa shape index (κ1) is 13.3. The van der Waals surface area contributed by atoms with Gasteiger partial charge in [0, 0.05) is 12.1 Å². The van der Waals surface area contributed by atoms with E-state index in [9.17, 15) is 0 Å². The van der Waals surface area contributed by atoms with Gasteiger partial charge in [0.1, 0.15) is 4.60 Å². The fourth-order valence-corrected chi connectivity index (χ4v) is 2.90. The number of nitrogens with zero attached hydrogens (tertiary/aromatic N) is 2. The van der Waals surface area contributed by atoms with Crippen LogP contribution in [0.25, 0.3) is 10.6 Å². The molecule has 0 saturated carbocycles. The molecular formula is C14H13BrN4S. The first-order valence-electron chi connectivity index (χ1n) is 6.16. The molecule has 0 atom stereocenters. The lowest BCUT2D eigenvalue weighted by Gasteiger charge is -2.07. The maximum Gasteiger partial charge on any atom is 0.109 e. The van der Waals surface area contributed by atoms with Gasteiger partial charge in [-0.05, 0) is 45.9 Å². The Labute approximate surface area is 129 Å². The Hall–Kier alpha value is -1.66. The number of aryl methyl sites for hydroxylation is 1. The number of pyridine rings is 1. The third-order valence-corrected chi connectivity index (χ3v) is 4.70. The van der Waals surface area contributed by atoms with E-state index in [-0.39, 0.29) is 0 Å². The normalized spacial score (nSPS) is 10.7. The van der Waals surface area contributed by atoms with Crippen LogP contribution in [0.2, 0.25) is 0 Å². The molecule has 3 aromatic rings. The summed E-state index contributed by atoms with van der Waals surface area (Å²) in [5.41, 5.74) is 4.34. The first-order valence-corrected chi connectivity index (χ1v) is 7.83. The van der Waals surface area contributed by atoms with E-state index in [4.69, 9.17) is 0 Å². The maximum absolute atomic E-state index is 4.28. The topological polar surface area (TPSA) is 53.6 Å². The second-order valence-electron chi connectivity index (χ2n) is 4.43. The van der Waals surface area contributed by atoms with Crippen LogP contribution in [0.1, 0.15) is 11.1 Å². The van der Waals surface area contributed by atoms with Crippen molar-refractivity contribution in [3.8, 4) is 10.6 Å². The van der Waals surface area contributed by atoms with Gasteiger partial charge >= 0.3 is 0 Å². The van der Waals surface area contributed by atoms with Crippen molar-refractivity contribution in [3.05, 3.63) is 51.7 Å². The number of nitrogens with one attached hydrogen (secondary N) is 2. The van der Waals surface area contributed by atoms with E-state index in [0.29, 0.717) is 6.54 Å². The lowest BCUT2D eigenvalue weighted by molar-refractivity contribution is 1.10. The molecule has 20 heavy (non-hydrogen) atoms. The van der Waals surface area contributed by atoms with Gasteiger partial charge in [-0.1, -0.05) is 6.07 Å². The van der Waals surface area contributed by atoms with Crippen molar-refractivity contribution in [1.29, 1.82) is 0 Å². The predicted octanol–water partition coefficient (Wildman–Crippen LogP) is 4.22. The van der Waals surface area contributed by atoms with Gasteiger partial charge in [-0.25, -0.2) is 4.98 Å². The smallest absolute Gasteiger partial charge is 0.109 e. The van der Waals surface area contributed by atoms with E-state index in [1.165, 1.54) is 4.88 Å². The molecule has 6 heteroatoms. The van der Waals surface area contributed by atoms with Crippen LogP contribution in [-0.2, 0) is 6.54 Å². The number of aromatic amines is 1. The molecule has 0 aliphatic heterocycles. The highest BCUT2D eigenvalue weighted by atomic mass is 79.9. The SMILES string of the molecule is Cc1cc(NCc2cn[nH]c2-c2cccs2)cnc1Br. The van der Waals surface area contributed by atoms with Gasteiger partial charge in [-0.15, -0.1) is 11.3 Å². The lowest BCUT2D eigenvalue weighted by Crippen LogP contribution is -2.00. The molecule has 2 N–H and O–H groups in total. The molecule has 0 saturated heterocycles. The lowest BCUT2D eigenvalue weighted by atomic mass is 10.2. The van der Waals surface area contributed by atoms with Crippen LogP contribution in [0.5, 0.6) is 0 Å². The van der Waals surface area contributed by atoms with Crippen molar-refractivity contribution < 1.29 is 0 Å². The number of rotatable bonds is 4. The van der Waals surface area contributed by atoms with Gasteiger partial charge in [-0.2, -0.15) is 5.10 Å². The van der Waals surface area contributed by atoms with Gasteiger partial charge in [0.05, 0.1) is 28.7 Å². The molecule has 102 valence electrons. The number of hydrogen-bond acceptors (Lipinski definition) is 4. The van der Waals surface area contributed by atoms with Crippen molar-refractivity contribution in [3.63, 3.8) is 0 Å². The van der Waals surface area contributed by atoms with Crippen molar-refractivity contribution in [2.24, 2.45) is 0 Å². The molecule has 3 rings (SSSR count). The van der Waals surface area contributed by atoms with E-state index in [2.05, 4.69) is 53.9 Å². The summed E-state index contributed by atoms with van der Waals surface area (Å²) in [5, 5.41) is 12.6. The average molecular weight is 349 g/mol.